The van der Waals surface area contributed by atoms with Gasteiger partial charge in [0.2, 0.25) is 5.91 Å². The molecule has 1 aliphatic rings. The Bertz CT molecular complexity index is 1330. The van der Waals surface area contributed by atoms with E-state index in [-0.39, 0.29) is 17.8 Å². The first-order valence-corrected chi connectivity index (χ1v) is 12.2. The second kappa shape index (κ2) is 10.3. The van der Waals surface area contributed by atoms with Crippen molar-refractivity contribution in [3.8, 4) is 11.3 Å². The molecular formula is C29H30FN5O. The van der Waals surface area contributed by atoms with Crippen LogP contribution in [0.2, 0.25) is 0 Å². The normalized spacial score (nSPS) is 13.8. The average Bonchev–Trinajstić information content (AvgIpc) is 3.26. The van der Waals surface area contributed by atoms with Crippen LogP contribution >= 0.6 is 0 Å². The van der Waals surface area contributed by atoms with E-state index in [1.54, 1.807) is 12.1 Å². The Morgan fingerprint density at radius 3 is 2.44 bits per heavy atom. The third-order valence-electron chi connectivity index (χ3n) is 6.54. The van der Waals surface area contributed by atoms with E-state index in [9.17, 15) is 9.18 Å². The maximum absolute atomic E-state index is 13.6. The van der Waals surface area contributed by atoms with Crippen LogP contribution in [-0.4, -0.2) is 32.9 Å². The van der Waals surface area contributed by atoms with Gasteiger partial charge in [-0.15, -0.1) is 0 Å². The minimum atomic E-state index is -0.312. The van der Waals surface area contributed by atoms with Gasteiger partial charge in [-0.1, -0.05) is 48.0 Å². The summed E-state index contributed by atoms with van der Waals surface area (Å²) in [4.78, 5) is 20.0. The van der Waals surface area contributed by atoms with Crippen LogP contribution in [-0.2, 0) is 24.4 Å². The molecule has 3 aromatic carbocycles. The number of hydrogen-bond donors (Lipinski definition) is 2. The molecule has 1 atom stereocenters. The number of benzene rings is 3. The van der Waals surface area contributed by atoms with Crippen LogP contribution in [0.4, 0.5) is 15.9 Å². The fourth-order valence-corrected chi connectivity index (χ4v) is 4.46. The number of carbonyl (C=O) groups excluding carboxylic acids is 1. The monoisotopic (exact) mass is 483 g/mol. The lowest BCUT2D eigenvalue weighted by molar-refractivity contribution is -0.134. The SMILES string of the molecule is Cc1ccc(Nc2c(-c3ccc(F)cc3)nc3n2CCN(C(=O)[C@H](C)NCc2ccccc2)C3)cc1. The minimum absolute atomic E-state index is 0.0524. The first-order chi connectivity index (χ1) is 17.5. The van der Waals surface area contributed by atoms with Crippen molar-refractivity contribution in [3.63, 3.8) is 0 Å². The summed E-state index contributed by atoms with van der Waals surface area (Å²) in [5.74, 6) is 1.42. The highest BCUT2D eigenvalue weighted by molar-refractivity contribution is 5.82. The maximum Gasteiger partial charge on any atom is 0.239 e. The van der Waals surface area contributed by atoms with Gasteiger partial charge >= 0.3 is 0 Å². The third-order valence-corrected chi connectivity index (χ3v) is 6.54. The van der Waals surface area contributed by atoms with Crippen LogP contribution in [0.1, 0.15) is 23.9 Å². The van der Waals surface area contributed by atoms with Crippen molar-refractivity contribution in [1.82, 2.24) is 19.8 Å². The number of carbonyl (C=O) groups is 1. The van der Waals surface area contributed by atoms with Gasteiger partial charge in [0.25, 0.3) is 0 Å². The standard InChI is InChI=1S/C29H30FN5O/c1-20-8-14-25(15-9-20)32-28-27(23-10-12-24(30)13-11-23)33-26-19-34(16-17-35(26)28)29(36)21(2)31-18-22-6-4-3-5-7-22/h3-15,21,31-32H,16-19H2,1-2H3/t21-/m0/s1. The Kier molecular flexibility index (Phi) is 6.82. The molecule has 0 saturated carbocycles. The lowest BCUT2D eigenvalue weighted by atomic mass is 10.1. The number of fused-ring (bicyclic) bond motifs is 1. The molecule has 4 aromatic rings. The Balaban J connectivity index is 1.38. The molecule has 184 valence electrons. The first kappa shape index (κ1) is 23.8. The Labute approximate surface area is 210 Å². The molecule has 2 N–H and O–H groups in total. The van der Waals surface area contributed by atoms with Crippen molar-refractivity contribution in [3.05, 3.63) is 102 Å². The quantitative estimate of drug-likeness (QED) is 0.376. The molecule has 6 nitrogen and oxygen atoms in total. The highest BCUT2D eigenvalue weighted by Gasteiger charge is 2.29. The summed E-state index contributed by atoms with van der Waals surface area (Å²) in [6, 6.07) is 24.3. The number of nitrogens with zero attached hydrogens (tertiary/aromatic N) is 3. The van der Waals surface area contributed by atoms with Gasteiger partial charge in [-0.2, -0.15) is 0 Å². The summed E-state index contributed by atoms with van der Waals surface area (Å²) in [5, 5.41) is 6.86. The van der Waals surface area contributed by atoms with Crippen molar-refractivity contribution in [2.24, 2.45) is 0 Å². The van der Waals surface area contributed by atoms with Crippen LogP contribution in [0.25, 0.3) is 11.3 Å². The van der Waals surface area contributed by atoms with Gasteiger partial charge in [-0.3, -0.25) is 4.79 Å². The Morgan fingerprint density at radius 1 is 1.00 bits per heavy atom. The smallest absolute Gasteiger partial charge is 0.239 e. The van der Waals surface area contributed by atoms with Gasteiger partial charge in [-0.05, 0) is 55.8 Å². The predicted octanol–water partition coefficient (Wildman–Crippen LogP) is 5.26. The van der Waals surface area contributed by atoms with Crippen LogP contribution in [0.15, 0.2) is 78.9 Å². The molecule has 0 aliphatic carbocycles. The van der Waals surface area contributed by atoms with Gasteiger partial charge in [0.1, 0.15) is 23.2 Å². The van der Waals surface area contributed by atoms with Crippen molar-refractivity contribution in [1.29, 1.82) is 0 Å². The summed E-state index contributed by atoms with van der Waals surface area (Å²) in [5.41, 5.74) is 4.84. The van der Waals surface area contributed by atoms with E-state index in [0.29, 0.717) is 26.2 Å². The lowest BCUT2D eigenvalue weighted by Gasteiger charge is -2.31. The zero-order chi connectivity index (χ0) is 25.1. The third kappa shape index (κ3) is 5.16. The summed E-state index contributed by atoms with van der Waals surface area (Å²) in [6.07, 6.45) is 0. The molecule has 0 bridgehead atoms. The van der Waals surface area contributed by atoms with E-state index in [4.69, 9.17) is 4.98 Å². The van der Waals surface area contributed by atoms with Crippen molar-refractivity contribution in [2.75, 3.05) is 11.9 Å². The number of imidazole rings is 1. The molecule has 5 rings (SSSR count). The first-order valence-electron chi connectivity index (χ1n) is 12.2. The Hall–Kier alpha value is -3.97. The largest absolute Gasteiger partial charge is 0.340 e. The van der Waals surface area contributed by atoms with Crippen LogP contribution in [0.3, 0.4) is 0 Å². The molecule has 36 heavy (non-hydrogen) atoms. The number of amides is 1. The zero-order valence-electron chi connectivity index (χ0n) is 20.5. The number of aromatic nitrogens is 2. The Morgan fingerprint density at radius 2 is 1.72 bits per heavy atom. The molecule has 2 heterocycles. The molecule has 1 aliphatic heterocycles. The molecule has 0 saturated heterocycles. The van der Waals surface area contributed by atoms with Crippen molar-refractivity contribution in [2.45, 2.75) is 39.5 Å². The summed E-state index contributed by atoms with van der Waals surface area (Å²) in [6.45, 7) is 6.21. The second-order valence-corrected chi connectivity index (χ2v) is 9.22. The number of hydrogen-bond acceptors (Lipinski definition) is 4. The maximum atomic E-state index is 13.6. The van der Waals surface area contributed by atoms with E-state index < -0.39 is 0 Å². The number of anilines is 2. The number of halogens is 1. The second-order valence-electron chi connectivity index (χ2n) is 9.22. The molecule has 0 unspecified atom stereocenters. The van der Waals surface area contributed by atoms with E-state index >= 15 is 0 Å². The predicted molar refractivity (Wildman–Crippen MR) is 140 cm³/mol. The summed E-state index contributed by atoms with van der Waals surface area (Å²) in [7, 11) is 0. The molecule has 1 amide bonds. The van der Waals surface area contributed by atoms with Gasteiger partial charge in [-0.25, -0.2) is 9.37 Å². The van der Waals surface area contributed by atoms with E-state index in [1.807, 2.05) is 54.3 Å². The van der Waals surface area contributed by atoms with Crippen molar-refractivity contribution < 1.29 is 9.18 Å². The van der Waals surface area contributed by atoms with Gasteiger partial charge in [0.15, 0.2) is 0 Å². The van der Waals surface area contributed by atoms with E-state index in [0.717, 1.165) is 34.2 Å². The van der Waals surface area contributed by atoms with Crippen LogP contribution in [0.5, 0.6) is 0 Å². The van der Waals surface area contributed by atoms with Crippen molar-refractivity contribution >= 4 is 17.4 Å². The molecule has 0 fully saturated rings. The van der Waals surface area contributed by atoms with Gasteiger partial charge in [0, 0.05) is 30.9 Å². The summed E-state index contributed by atoms with van der Waals surface area (Å²) >= 11 is 0. The lowest BCUT2D eigenvalue weighted by Crippen LogP contribution is -2.47. The summed E-state index contributed by atoms with van der Waals surface area (Å²) < 4.78 is 15.7. The molecule has 1 aromatic heterocycles. The highest BCUT2D eigenvalue weighted by atomic mass is 19.1. The van der Waals surface area contributed by atoms with Gasteiger partial charge < -0.3 is 20.1 Å². The molecule has 0 radical (unpaired) electrons. The fourth-order valence-electron chi connectivity index (χ4n) is 4.46. The molecule has 0 spiro atoms. The van der Waals surface area contributed by atoms with Gasteiger partial charge in [0.05, 0.1) is 12.6 Å². The molecular weight excluding hydrogens is 453 g/mol. The average molecular weight is 484 g/mol. The van der Waals surface area contributed by atoms with Crippen LogP contribution < -0.4 is 10.6 Å². The molecule has 7 heteroatoms. The highest BCUT2D eigenvalue weighted by Crippen LogP contribution is 2.33. The fraction of sp³-hybridized carbons (Fsp3) is 0.241. The number of aryl methyl sites for hydroxylation is 1. The van der Waals surface area contributed by atoms with E-state index in [2.05, 4.69) is 34.3 Å². The topological polar surface area (TPSA) is 62.2 Å². The van der Waals surface area contributed by atoms with Crippen LogP contribution in [0, 0.1) is 12.7 Å². The number of rotatable bonds is 7. The zero-order valence-corrected chi connectivity index (χ0v) is 20.5. The number of nitrogens with one attached hydrogen (secondary N) is 2. The minimum Gasteiger partial charge on any atom is -0.340 e. The van der Waals surface area contributed by atoms with E-state index in [1.165, 1.54) is 17.7 Å².